The normalized spacial score (nSPS) is 42.1. The topological polar surface area (TPSA) is 96.2 Å². The molecule has 1 aliphatic heterocycles. The van der Waals surface area contributed by atoms with Gasteiger partial charge in [-0.15, -0.1) is 0 Å². The highest BCUT2D eigenvalue weighted by Gasteiger charge is 2.42. The van der Waals surface area contributed by atoms with Crippen LogP contribution < -0.4 is 0 Å². The molecule has 0 saturated carbocycles. The second kappa shape index (κ2) is 4.55. The predicted molar refractivity (Wildman–Crippen MR) is 46.4 cm³/mol. The maximum absolute atomic E-state index is 10.4. The van der Waals surface area contributed by atoms with Crippen LogP contribution in [0.5, 0.6) is 0 Å². The number of hydrogen-bond donors (Lipinski definition) is 3. The molecular weight excluding hydrogens is 198 g/mol. The Morgan fingerprint density at radius 3 is 2.69 bits per heavy atom. The van der Waals surface area contributed by atoms with E-state index in [0.717, 1.165) is 0 Å². The molecule has 0 spiro atoms. The van der Waals surface area contributed by atoms with Crippen molar-refractivity contribution >= 4 is 16.1 Å². The van der Waals surface area contributed by atoms with Gasteiger partial charge < -0.3 is 24.4 Å². The molecule has 6 nitrogen and oxygen atoms in total. The third-order valence-electron chi connectivity index (χ3n) is 1.99. The molecule has 0 aromatic carbocycles. The van der Waals surface area contributed by atoms with E-state index in [4.69, 9.17) is 14.7 Å². The van der Waals surface area contributed by atoms with Gasteiger partial charge in [-0.2, -0.15) is 0 Å². The first-order valence-corrected chi connectivity index (χ1v) is 5.16. The Balaban J connectivity index is 2.62. The Bertz CT molecular complexity index is 201. The minimum Gasteiger partial charge on any atom is -0.394 e. The van der Waals surface area contributed by atoms with Crippen LogP contribution in [-0.2, 0) is 13.8 Å². The third-order valence-corrected chi connectivity index (χ3v) is 2.46. The quantitative estimate of drug-likeness (QED) is 0.351. The van der Waals surface area contributed by atoms with Gasteiger partial charge in [0.15, 0.2) is 0 Å². The third kappa shape index (κ3) is 2.52. The lowest BCUT2D eigenvalue weighted by molar-refractivity contribution is 0.00110. The van der Waals surface area contributed by atoms with Crippen LogP contribution in [0.2, 0.25) is 0 Å². The van der Waals surface area contributed by atoms with Crippen molar-refractivity contribution in [2.75, 3.05) is 6.61 Å². The molecular formula is C5H12BO6P. The van der Waals surface area contributed by atoms with Gasteiger partial charge in [0.1, 0.15) is 26.2 Å². The van der Waals surface area contributed by atoms with Gasteiger partial charge in [0.05, 0.1) is 12.6 Å². The molecule has 8 heteroatoms. The molecule has 1 fully saturated rings. The summed E-state index contributed by atoms with van der Waals surface area (Å²) in [5.41, 5.74) is 0. The van der Waals surface area contributed by atoms with E-state index < -0.39 is 32.6 Å². The fourth-order valence-corrected chi connectivity index (χ4v) is 1.85. The average molecular weight is 210 g/mol. The Labute approximate surface area is 76.8 Å². The maximum Gasteiger partial charge on any atom is 0.317 e. The first-order chi connectivity index (χ1) is 6.06. The molecule has 0 aromatic rings. The lowest BCUT2D eigenvalue weighted by Gasteiger charge is -2.17. The molecule has 1 saturated heterocycles. The van der Waals surface area contributed by atoms with Gasteiger partial charge in [-0.25, -0.2) is 0 Å². The fraction of sp³-hybridized carbons (Fsp3) is 1.00. The Kier molecular flexibility index (Phi) is 3.91. The molecule has 0 aromatic heterocycles. The van der Waals surface area contributed by atoms with Crippen molar-refractivity contribution in [2.24, 2.45) is 0 Å². The number of aliphatic hydroxyl groups is 2. The molecule has 1 rings (SSSR count). The van der Waals surface area contributed by atoms with Crippen molar-refractivity contribution in [1.29, 1.82) is 0 Å². The van der Waals surface area contributed by atoms with Gasteiger partial charge in [0.25, 0.3) is 0 Å². The minimum absolute atomic E-state index is 0.346. The van der Waals surface area contributed by atoms with E-state index in [1.165, 1.54) is 0 Å². The first-order valence-electron chi connectivity index (χ1n) is 3.90. The zero-order valence-electron chi connectivity index (χ0n) is 7.08. The summed E-state index contributed by atoms with van der Waals surface area (Å²) in [6.07, 6.45) is -2.62. The summed E-state index contributed by atoms with van der Waals surface area (Å²) < 4.78 is 20.0. The molecule has 13 heavy (non-hydrogen) atoms. The lowest BCUT2D eigenvalue weighted by Crippen LogP contribution is -2.35. The van der Waals surface area contributed by atoms with Crippen molar-refractivity contribution in [3.05, 3.63) is 0 Å². The largest absolute Gasteiger partial charge is 0.394 e. The van der Waals surface area contributed by atoms with Crippen LogP contribution >= 0.6 is 8.25 Å². The summed E-state index contributed by atoms with van der Waals surface area (Å²) >= 11 is 0. The zero-order valence-corrected chi connectivity index (χ0v) is 8.08. The Hall–Kier alpha value is 0.0949. The van der Waals surface area contributed by atoms with Crippen LogP contribution in [-0.4, -0.2) is 53.9 Å². The van der Waals surface area contributed by atoms with Crippen LogP contribution in [0, 0.1) is 0 Å². The monoisotopic (exact) mass is 210 g/mol. The average Bonchev–Trinajstić information content (AvgIpc) is 2.31. The van der Waals surface area contributed by atoms with Crippen molar-refractivity contribution in [3.8, 4) is 0 Å². The number of hydrogen-bond acceptors (Lipinski definition) is 5. The summed E-state index contributed by atoms with van der Waals surface area (Å²) in [5, 5.41) is 18.2. The fourth-order valence-electron chi connectivity index (χ4n) is 1.33. The highest BCUT2D eigenvalue weighted by molar-refractivity contribution is 7.32. The van der Waals surface area contributed by atoms with Crippen molar-refractivity contribution in [1.82, 2.24) is 0 Å². The van der Waals surface area contributed by atoms with E-state index >= 15 is 0 Å². The van der Waals surface area contributed by atoms with Crippen LogP contribution in [0.25, 0.3) is 0 Å². The Morgan fingerprint density at radius 2 is 2.23 bits per heavy atom. The van der Waals surface area contributed by atoms with Gasteiger partial charge in [-0.05, 0) is 0 Å². The van der Waals surface area contributed by atoms with E-state index in [9.17, 15) is 9.67 Å². The van der Waals surface area contributed by atoms with Crippen LogP contribution in [0.1, 0.15) is 0 Å². The summed E-state index contributed by atoms with van der Waals surface area (Å²) in [6, 6.07) is -0.497. The second-order valence-corrected chi connectivity index (χ2v) is 3.67. The van der Waals surface area contributed by atoms with Crippen LogP contribution in [0.15, 0.2) is 0 Å². The summed E-state index contributed by atoms with van der Waals surface area (Å²) in [5.74, 6) is 0. The van der Waals surface area contributed by atoms with Gasteiger partial charge in [0, 0.05) is 0 Å². The molecule has 76 valence electrons. The minimum atomic E-state index is -3.12. The van der Waals surface area contributed by atoms with E-state index in [-0.39, 0.29) is 6.61 Å². The summed E-state index contributed by atoms with van der Waals surface area (Å²) in [7, 11) is -1.51. The zero-order chi connectivity index (χ0) is 10.0. The molecule has 5 atom stereocenters. The smallest absolute Gasteiger partial charge is 0.317 e. The van der Waals surface area contributed by atoms with E-state index in [2.05, 4.69) is 4.52 Å². The predicted octanol–water partition coefficient (Wildman–Crippen LogP) is -2.54. The molecule has 3 N–H and O–H groups in total. The number of rotatable bonds is 3. The molecule has 0 aliphatic carbocycles. The number of aliphatic hydroxyl groups excluding tert-OH is 2. The van der Waals surface area contributed by atoms with Gasteiger partial charge in [-0.3, -0.25) is 4.57 Å². The van der Waals surface area contributed by atoms with E-state index in [0.29, 0.717) is 0 Å². The van der Waals surface area contributed by atoms with Crippen LogP contribution in [0.3, 0.4) is 0 Å². The highest BCUT2D eigenvalue weighted by Crippen LogP contribution is 2.29. The van der Waals surface area contributed by atoms with Gasteiger partial charge in [-0.1, -0.05) is 0 Å². The Morgan fingerprint density at radius 1 is 1.62 bits per heavy atom. The van der Waals surface area contributed by atoms with E-state index in [1.807, 2.05) is 0 Å². The van der Waals surface area contributed by atoms with Crippen molar-refractivity contribution in [3.63, 3.8) is 0 Å². The SMILES string of the molecule is B[C@@H]1O[C@H](CO)C(O[PH](=O)O)C1O. The molecule has 0 amide bonds. The highest BCUT2D eigenvalue weighted by atomic mass is 31.1. The van der Waals surface area contributed by atoms with Gasteiger partial charge >= 0.3 is 8.25 Å². The summed E-state index contributed by atoms with van der Waals surface area (Å²) in [4.78, 5) is 8.51. The first kappa shape index (κ1) is 11.2. The van der Waals surface area contributed by atoms with Gasteiger partial charge in [0.2, 0.25) is 0 Å². The number of ether oxygens (including phenoxy) is 1. The van der Waals surface area contributed by atoms with Crippen LogP contribution in [0.4, 0.5) is 0 Å². The van der Waals surface area contributed by atoms with Crippen molar-refractivity contribution in [2.45, 2.75) is 24.3 Å². The molecule has 0 bridgehead atoms. The summed E-state index contributed by atoms with van der Waals surface area (Å²) in [6.45, 7) is -0.346. The van der Waals surface area contributed by atoms with Crippen molar-refractivity contribution < 1.29 is 28.9 Å². The maximum atomic E-state index is 10.4. The molecule has 1 aliphatic rings. The standard InChI is InChI=1S/C5H12BO6P/c6-5-3(8)4(12-13(9)10)2(1-7)11-5/h2-5,7-8,13H,1,6H2,(H,9,10)/t2-,3?,4?,5-/m1/s1. The molecule has 0 radical (unpaired) electrons. The molecule has 3 unspecified atom stereocenters. The van der Waals surface area contributed by atoms with E-state index in [1.54, 1.807) is 7.85 Å². The molecule has 1 heterocycles. The lowest BCUT2D eigenvalue weighted by atomic mass is 9.93. The second-order valence-electron chi connectivity index (χ2n) is 2.90.